The van der Waals surface area contributed by atoms with Crippen molar-refractivity contribution in [3.05, 3.63) is 58.7 Å². The smallest absolute Gasteiger partial charge is 0.196 e. The number of aliphatic hydroxyl groups is 1. The number of nitrogens with one attached hydrogen (secondary N) is 2. The Morgan fingerprint density at radius 1 is 0.815 bits per heavy atom. The molecule has 7 heteroatoms. The summed E-state index contributed by atoms with van der Waals surface area (Å²) < 4.78 is 0. The molecule has 0 atom stereocenters. The zero-order chi connectivity index (χ0) is 19.8. The third kappa shape index (κ3) is 4.33. The molecule has 0 heterocycles. The first-order chi connectivity index (χ1) is 13.1. The van der Waals surface area contributed by atoms with Crippen LogP contribution < -0.4 is 22.1 Å². The summed E-state index contributed by atoms with van der Waals surface area (Å²) in [5.74, 6) is -0.313. The molecule has 144 valence electrons. The minimum Gasteiger partial charge on any atom is -0.397 e. The van der Waals surface area contributed by atoms with E-state index in [1.807, 2.05) is 0 Å². The molecule has 1 aliphatic rings. The number of aliphatic hydroxyl groups excluding tert-OH is 1. The van der Waals surface area contributed by atoms with Crippen molar-refractivity contribution < 1.29 is 14.7 Å². The van der Waals surface area contributed by atoms with Crippen LogP contribution in [0.1, 0.15) is 38.8 Å². The van der Waals surface area contributed by atoms with Crippen LogP contribution in [0.5, 0.6) is 0 Å². The summed E-state index contributed by atoms with van der Waals surface area (Å²) in [4.78, 5) is 26.0. The van der Waals surface area contributed by atoms with E-state index in [1.165, 1.54) is 0 Å². The van der Waals surface area contributed by atoms with Crippen LogP contribution in [0, 0.1) is 0 Å². The minimum absolute atomic E-state index is 0.156. The molecule has 7 N–H and O–H groups in total. The highest BCUT2D eigenvalue weighted by Crippen LogP contribution is 2.36. The molecule has 0 aliphatic heterocycles. The predicted octanol–water partition coefficient (Wildman–Crippen LogP) is 1.20. The van der Waals surface area contributed by atoms with Crippen LogP contribution in [0.2, 0.25) is 0 Å². The molecular formula is C20H26N4O3. The Bertz CT molecular complexity index is 755. The van der Waals surface area contributed by atoms with E-state index in [1.54, 1.807) is 43.3 Å². The Morgan fingerprint density at radius 3 is 1.52 bits per heavy atom. The third-order valence-corrected chi connectivity index (χ3v) is 4.00. The zero-order valence-electron chi connectivity index (χ0n) is 15.4. The second kappa shape index (κ2) is 9.82. The maximum Gasteiger partial charge on any atom is 0.196 e. The van der Waals surface area contributed by atoms with E-state index in [0.717, 1.165) is 0 Å². The summed E-state index contributed by atoms with van der Waals surface area (Å²) in [5, 5.41) is 13.8. The highest BCUT2D eigenvalue weighted by atomic mass is 16.2. The molecule has 3 rings (SSSR count). The lowest BCUT2D eigenvalue weighted by Crippen LogP contribution is -2.26. The number of anilines is 2. The number of hydrogen-bond acceptors (Lipinski definition) is 7. The van der Waals surface area contributed by atoms with Crippen molar-refractivity contribution in [2.45, 2.75) is 6.92 Å². The van der Waals surface area contributed by atoms with Crippen molar-refractivity contribution in [2.75, 3.05) is 43.4 Å². The molecule has 0 amide bonds. The van der Waals surface area contributed by atoms with Gasteiger partial charge in [-0.05, 0) is 19.1 Å². The number of carbonyl (C=O) groups is 2. The second-order valence-electron chi connectivity index (χ2n) is 5.86. The van der Waals surface area contributed by atoms with Gasteiger partial charge >= 0.3 is 0 Å². The molecule has 27 heavy (non-hydrogen) atoms. The standard InChI is InChI=1S/C18H20N4O2.C2H6O/c19-7-9-21-13-5-6-14(22-10-8-20)16-15(13)17(23)11-3-1-2-4-12(11)18(16)24;1-2-3/h1-6,21-22H,7-10,19-20H2;3H,2H2,1H3. The lowest BCUT2D eigenvalue weighted by Gasteiger charge is -2.23. The van der Waals surface area contributed by atoms with Gasteiger partial charge in [0.05, 0.1) is 11.1 Å². The number of benzene rings is 2. The van der Waals surface area contributed by atoms with Gasteiger partial charge in [0.2, 0.25) is 0 Å². The Hall–Kier alpha value is -2.74. The number of fused-ring (bicyclic) bond motifs is 2. The zero-order valence-corrected chi connectivity index (χ0v) is 15.4. The van der Waals surface area contributed by atoms with Gasteiger partial charge in [-0.2, -0.15) is 0 Å². The van der Waals surface area contributed by atoms with Crippen molar-refractivity contribution in [1.82, 2.24) is 0 Å². The van der Waals surface area contributed by atoms with E-state index in [0.29, 0.717) is 59.8 Å². The van der Waals surface area contributed by atoms with Crippen LogP contribution in [-0.4, -0.2) is 49.5 Å². The summed E-state index contributed by atoms with van der Waals surface area (Å²) in [6.07, 6.45) is 0. The predicted molar refractivity (Wildman–Crippen MR) is 108 cm³/mol. The highest BCUT2D eigenvalue weighted by molar-refractivity contribution is 6.31. The number of ketones is 2. The SMILES string of the molecule is CCO.NCCNc1ccc(NCCN)c2c1C(=O)c1ccccc1C2=O. The van der Waals surface area contributed by atoms with E-state index >= 15 is 0 Å². The lowest BCUT2D eigenvalue weighted by atomic mass is 9.82. The first-order valence-electron chi connectivity index (χ1n) is 8.94. The van der Waals surface area contributed by atoms with Gasteiger partial charge in [-0.15, -0.1) is 0 Å². The van der Waals surface area contributed by atoms with Gasteiger partial charge in [0.1, 0.15) is 0 Å². The van der Waals surface area contributed by atoms with Crippen molar-refractivity contribution >= 4 is 22.9 Å². The molecule has 0 radical (unpaired) electrons. The largest absolute Gasteiger partial charge is 0.397 e. The van der Waals surface area contributed by atoms with Gasteiger partial charge in [0, 0.05) is 55.3 Å². The average Bonchev–Trinajstić information content (AvgIpc) is 2.69. The number of rotatable bonds is 6. The van der Waals surface area contributed by atoms with E-state index in [2.05, 4.69) is 10.6 Å². The average molecular weight is 370 g/mol. The summed E-state index contributed by atoms with van der Waals surface area (Å²) in [6.45, 7) is 3.83. The molecular weight excluding hydrogens is 344 g/mol. The molecule has 7 nitrogen and oxygen atoms in total. The fourth-order valence-electron chi connectivity index (χ4n) is 2.93. The number of nitrogens with two attached hydrogens (primary N) is 2. The first kappa shape index (κ1) is 20.6. The Labute approximate surface area is 158 Å². The minimum atomic E-state index is -0.156. The van der Waals surface area contributed by atoms with Crippen LogP contribution in [0.15, 0.2) is 36.4 Å². The van der Waals surface area contributed by atoms with E-state index < -0.39 is 0 Å². The monoisotopic (exact) mass is 370 g/mol. The molecule has 1 aliphatic carbocycles. The maximum absolute atomic E-state index is 13.0. The summed E-state index contributed by atoms with van der Waals surface area (Å²) >= 11 is 0. The van der Waals surface area contributed by atoms with Crippen molar-refractivity contribution in [1.29, 1.82) is 0 Å². The molecule has 2 aromatic carbocycles. The Morgan fingerprint density at radius 2 is 1.19 bits per heavy atom. The van der Waals surface area contributed by atoms with Crippen LogP contribution in [0.3, 0.4) is 0 Å². The maximum atomic E-state index is 13.0. The molecule has 2 aromatic rings. The number of hydrogen-bond donors (Lipinski definition) is 5. The van der Waals surface area contributed by atoms with Crippen molar-refractivity contribution in [3.8, 4) is 0 Å². The van der Waals surface area contributed by atoms with Crippen LogP contribution in [-0.2, 0) is 0 Å². The Balaban J connectivity index is 0.000000817. The van der Waals surface area contributed by atoms with Gasteiger partial charge < -0.3 is 27.2 Å². The van der Waals surface area contributed by atoms with Gasteiger partial charge in [-0.1, -0.05) is 24.3 Å². The van der Waals surface area contributed by atoms with Crippen LogP contribution in [0.4, 0.5) is 11.4 Å². The molecule has 0 saturated heterocycles. The normalized spacial score (nSPS) is 11.9. The summed E-state index contributed by atoms with van der Waals surface area (Å²) in [7, 11) is 0. The fourth-order valence-corrected chi connectivity index (χ4v) is 2.93. The third-order valence-electron chi connectivity index (χ3n) is 4.00. The van der Waals surface area contributed by atoms with Crippen molar-refractivity contribution in [3.63, 3.8) is 0 Å². The quantitative estimate of drug-likeness (QED) is 0.441. The first-order valence-corrected chi connectivity index (χ1v) is 8.94. The Kier molecular flexibility index (Phi) is 7.48. The van der Waals surface area contributed by atoms with Gasteiger partial charge in [-0.3, -0.25) is 9.59 Å². The van der Waals surface area contributed by atoms with Gasteiger partial charge in [-0.25, -0.2) is 0 Å². The molecule has 0 saturated carbocycles. The fraction of sp³-hybridized carbons (Fsp3) is 0.300. The van der Waals surface area contributed by atoms with Gasteiger partial charge in [0.25, 0.3) is 0 Å². The molecule has 0 fully saturated rings. The second-order valence-corrected chi connectivity index (χ2v) is 5.86. The lowest BCUT2D eigenvalue weighted by molar-refractivity contribution is 0.0980. The summed E-state index contributed by atoms with van der Waals surface area (Å²) in [6, 6.07) is 10.5. The van der Waals surface area contributed by atoms with E-state index in [4.69, 9.17) is 16.6 Å². The highest BCUT2D eigenvalue weighted by Gasteiger charge is 2.33. The van der Waals surface area contributed by atoms with E-state index in [9.17, 15) is 9.59 Å². The van der Waals surface area contributed by atoms with E-state index in [-0.39, 0.29) is 18.2 Å². The van der Waals surface area contributed by atoms with Crippen LogP contribution in [0.25, 0.3) is 0 Å². The molecule has 0 unspecified atom stereocenters. The molecule has 0 bridgehead atoms. The number of carbonyl (C=O) groups excluding carboxylic acids is 2. The van der Waals surface area contributed by atoms with Crippen molar-refractivity contribution in [2.24, 2.45) is 11.5 Å². The van der Waals surface area contributed by atoms with Crippen LogP contribution >= 0.6 is 0 Å². The summed E-state index contributed by atoms with van der Waals surface area (Å²) in [5.41, 5.74) is 14.0. The topological polar surface area (TPSA) is 130 Å². The van der Waals surface area contributed by atoms with Gasteiger partial charge in [0.15, 0.2) is 11.6 Å². The molecule has 0 spiro atoms. The molecule has 0 aromatic heterocycles.